The Labute approximate surface area is 186 Å². The van der Waals surface area contributed by atoms with E-state index in [0.717, 1.165) is 48.3 Å². The van der Waals surface area contributed by atoms with Crippen molar-refractivity contribution < 1.29 is 5.11 Å². The van der Waals surface area contributed by atoms with Crippen molar-refractivity contribution in [3.63, 3.8) is 0 Å². The van der Waals surface area contributed by atoms with Gasteiger partial charge in [0.25, 0.3) is 0 Å². The number of hydrogen-bond donors (Lipinski definition) is 1. The van der Waals surface area contributed by atoms with Crippen LogP contribution in [0.2, 0.25) is 0 Å². The van der Waals surface area contributed by atoms with Crippen molar-refractivity contribution in [1.29, 1.82) is 0 Å². The van der Waals surface area contributed by atoms with Crippen LogP contribution in [-0.2, 0) is 0 Å². The van der Waals surface area contributed by atoms with E-state index in [2.05, 4.69) is 59.8 Å². The molecule has 4 aliphatic carbocycles. The first-order valence-corrected chi connectivity index (χ1v) is 13.3. The molecule has 0 aromatic heterocycles. The Balaban J connectivity index is 1.52. The maximum Gasteiger partial charge on any atom is 0.0577 e. The molecule has 0 radical (unpaired) electrons. The maximum absolute atomic E-state index is 10.2. The second kappa shape index (κ2) is 8.42. The van der Waals surface area contributed by atoms with Gasteiger partial charge in [-0.25, -0.2) is 0 Å². The van der Waals surface area contributed by atoms with Gasteiger partial charge in [-0.05, 0) is 110 Å². The van der Waals surface area contributed by atoms with Crippen molar-refractivity contribution in [3.05, 3.63) is 23.8 Å². The number of aliphatic hydroxyl groups excluding tert-OH is 1. The molecule has 4 rings (SSSR count). The molecule has 0 saturated heterocycles. The molecule has 3 fully saturated rings. The van der Waals surface area contributed by atoms with Crippen LogP contribution in [0.4, 0.5) is 0 Å². The Morgan fingerprint density at radius 2 is 1.80 bits per heavy atom. The summed E-state index contributed by atoms with van der Waals surface area (Å²) in [5.41, 5.74) is 2.51. The van der Waals surface area contributed by atoms with Crippen LogP contribution in [0, 0.1) is 52.3 Å². The molecule has 0 aliphatic heterocycles. The highest BCUT2D eigenvalue weighted by Crippen LogP contribution is 2.67. The summed E-state index contributed by atoms with van der Waals surface area (Å²) in [5.74, 6) is 5.70. The number of allylic oxidation sites excluding steroid dienone is 3. The van der Waals surface area contributed by atoms with E-state index in [1.54, 1.807) is 5.57 Å². The van der Waals surface area contributed by atoms with Crippen molar-refractivity contribution in [2.45, 2.75) is 105 Å². The topological polar surface area (TPSA) is 20.2 Å². The molecule has 1 heteroatoms. The summed E-state index contributed by atoms with van der Waals surface area (Å²) in [6.45, 7) is 14.8. The van der Waals surface area contributed by atoms with E-state index >= 15 is 0 Å². The second-order valence-electron chi connectivity index (χ2n) is 12.4. The SMILES string of the molecule is CC[C@H](/C=C/[C@H](C)[C@H]1CC[C@@H]2[C@H]3CC=C4C[C@@H](O)CC[C@]4(C)[C@H]3CC[C@@]21C)C(C)C. The first kappa shape index (κ1) is 22.6. The van der Waals surface area contributed by atoms with Crippen molar-refractivity contribution in [1.82, 2.24) is 0 Å². The maximum atomic E-state index is 10.2. The largest absolute Gasteiger partial charge is 0.393 e. The van der Waals surface area contributed by atoms with Gasteiger partial charge in [0, 0.05) is 0 Å². The van der Waals surface area contributed by atoms with Gasteiger partial charge in [0.1, 0.15) is 0 Å². The number of fused-ring (bicyclic) bond motifs is 5. The lowest BCUT2D eigenvalue weighted by atomic mass is 9.47. The molecule has 1 nitrogen and oxygen atoms in total. The molecular weight excluding hydrogens is 364 g/mol. The molecule has 0 amide bonds. The average molecular weight is 413 g/mol. The molecule has 0 aromatic carbocycles. The van der Waals surface area contributed by atoms with Gasteiger partial charge in [0.15, 0.2) is 0 Å². The lowest BCUT2D eigenvalue weighted by Gasteiger charge is -2.58. The quantitative estimate of drug-likeness (QED) is 0.457. The average Bonchev–Trinajstić information content (AvgIpc) is 3.06. The molecule has 0 bridgehead atoms. The molecule has 30 heavy (non-hydrogen) atoms. The molecule has 170 valence electrons. The standard InChI is InChI=1S/C29H48O/c1-7-21(19(2)3)9-8-20(4)25-12-13-26-24-11-10-22-18-23(30)14-16-28(22,5)27(24)15-17-29(25,26)6/h8-10,19-21,23-27,30H,7,11-18H2,1-6H3/b9-8+/t20-,21+,23-,24+,25+,26+,27-,28-,29+/m0/s1. The third-order valence-corrected chi connectivity index (χ3v) is 10.8. The second-order valence-corrected chi connectivity index (χ2v) is 12.4. The van der Waals surface area contributed by atoms with Crippen molar-refractivity contribution in [2.75, 3.05) is 0 Å². The minimum Gasteiger partial charge on any atom is -0.393 e. The van der Waals surface area contributed by atoms with Gasteiger partial charge in [-0.3, -0.25) is 0 Å². The van der Waals surface area contributed by atoms with Crippen LogP contribution in [0.3, 0.4) is 0 Å². The minimum absolute atomic E-state index is 0.0870. The normalized spacial score (nSPS) is 45.6. The van der Waals surface area contributed by atoms with Gasteiger partial charge in [-0.1, -0.05) is 65.3 Å². The summed E-state index contributed by atoms with van der Waals surface area (Å²) in [6.07, 6.45) is 19.1. The zero-order valence-electron chi connectivity index (χ0n) is 20.7. The Bertz CT molecular complexity index is 674. The summed E-state index contributed by atoms with van der Waals surface area (Å²) in [6, 6.07) is 0. The van der Waals surface area contributed by atoms with Gasteiger partial charge in [0.05, 0.1) is 6.10 Å². The molecule has 0 unspecified atom stereocenters. The zero-order valence-corrected chi connectivity index (χ0v) is 20.7. The first-order valence-electron chi connectivity index (χ1n) is 13.3. The lowest BCUT2D eigenvalue weighted by molar-refractivity contribution is -0.0540. The summed E-state index contributed by atoms with van der Waals surface area (Å²) in [4.78, 5) is 0. The molecule has 9 atom stereocenters. The van der Waals surface area contributed by atoms with Crippen LogP contribution in [0.5, 0.6) is 0 Å². The predicted octanol–water partition coefficient (Wildman–Crippen LogP) is 7.80. The molecule has 3 saturated carbocycles. The van der Waals surface area contributed by atoms with Crippen molar-refractivity contribution in [2.24, 2.45) is 52.3 Å². The Morgan fingerprint density at radius 3 is 2.50 bits per heavy atom. The van der Waals surface area contributed by atoms with Crippen LogP contribution in [0.15, 0.2) is 23.8 Å². The van der Waals surface area contributed by atoms with E-state index in [4.69, 9.17) is 0 Å². The third kappa shape index (κ3) is 3.66. The van der Waals surface area contributed by atoms with Crippen LogP contribution in [-0.4, -0.2) is 11.2 Å². The molecular formula is C29H48O. The Hall–Kier alpha value is -0.560. The Morgan fingerprint density at radius 1 is 1.03 bits per heavy atom. The fraction of sp³-hybridized carbons (Fsp3) is 0.862. The molecule has 0 spiro atoms. The van der Waals surface area contributed by atoms with E-state index in [9.17, 15) is 5.11 Å². The fourth-order valence-corrected chi connectivity index (χ4v) is 8.83. The highest BCUT2D eigenvalue weighted by atomic mass is 16.3. The van der Waals surface area contributed by atoms with E-state index in [1.807, 2.05) is 0 Å². The highest BCUT2D eigenvalue weighted by Gasteiger charge is 2.58. The number of rotatable bonds is 5. The van der Waals surface area contributed by atoms with Gasteiger partial charge in [-0.15, -0.1) is 0 Å². The van der Waals surface area contributed by atoms with E-state index in [-0.39, 0.29) is 6.10 Å². The highest BCUT2D eigenvalue weighted by molar-refractivity contribution is 5.25. The molecule has 0 heterocycles. The van der Waals surface area contributed by atoms with Crippen LogP contribution in [0.25, 0.3) is 0 Å². The van der Waals surface area contributed by atoms with Gasteiger partial charge < -0.3 is 5.11 Å². The zero-order chi connectivity index (χ0) is 21.7. The van der Waals surface area contributed by atoms with Gasteiger partial charge in [-0.2, -0.15) is 0 Å². The van der Waals surface area contributed by atoms with Crippen molar-refractivity contribution in [3.8, 4) is 0 Å². The van der Waals surface area contributed by atoms with E-state index in [1.165, 1.54) is 44.9 Å². The van der Waals surface area contributed by atoms with Gasteiger partial charge in [0.2, 0.25) is 0 Å². The fourth-order valence-electron chi connectivity index (χ4n) is 8.83. The molecule has 0 aromatic rings. The number of hydrogen-bond acceptors (Lipinski definition) is 1. The van der Waals surface area contributed by atoms with Crippen molar-refractivity contribution >= 4 is 0 Å². The molecule has 1 N–H and O–H groups in total. The predicted molar refractivity (Wildman–Crippen MR) is 128 cm³/mol. The Kier molecular flexibility index (Phi) is 6.35. The van der Waals surface area contributed by atoms with Crippen LogP contribution < -0.4 is 0 Å². The third-order valence-electron chi connectivity index (χ3n) is 10.8. The summed E-state index contributed by atoms with van der Waals surface area (Å²) in [7, 11) is 0. The first-order chi connectivity index (χ1) is 14.2. The lowest BCUT2D eigenvalue weighted by Crippen LogP contribution is -2.50. The van der Waals surface area contributed by atoms with Crippen LogP contribution in [0.1, 0.15) is 99.3 Å². The molecule has 4 aliphatic rings. The smallest absolute Gasteiger partial charge is 0.0577 e. The van der Waals surface area contributed by atoms with Gasteiger partial charge >= 0.3 is 0 Å². The minimum atomic E-state index is -0.0870. The summed E-state index contributed by atoms with van der Waals surface area (Å²) < 4.78 is 0. The van der Waals surface area contributed by atoms with Crippen LogP contribution >= 0.6 is 0 Å². The van der Waals surface area contributed by atoms with E-state index in [0.29, 0.717) is 16.7 Å². The summed E-state index contributed by atoms with van der Waals surface area (Å²) in [5, 5.41) is 10.2. The van der Waals surface area contributed by atoms with E-state index < -0.39 is 0 Å². The number of aliphatic hydroxyl groups is 1. The monoisotopic (exact) mass is 412 g/mol. The summed E-state index contributed by atoms with van der Waals surface area (Å²) >= 11 is 0.